The van der Waals surface area contributed by atoms with Gasteiger partial charge in [0.25, 0.3) is 0 Å². The van der Waals surface area contributed by atoms with E-state index in [-0.39, 0.29) is 12.1 Å². The molecule has 1 aliphatic rings. The summed E-state index contributed by atoms with van der Waals surface area (Å²) in [7, 11) is 0. The molecule has 4 nitrogen and oxygen atoms in total. The summed E-state index contributed by atoms with van der Waals surface area (Å²) in [4.78, 5) is 11.4. The lowest BCUT2D eigenvalue weighted by Crippen LogP contribution is -2.38. The summed E-state index contributed by atoms with van der Waals surface area (Å²) >= 11 is 0. The Bertz CT molecular complexity index is 223. The van der Waals surface area contributed by atoms with Crippen molar-refractivity contribution in [2.45, 2.75) is 51.7 Å². The Kier molecular flexibility index (Phi) is 3.97. The molecule has 1 saturated carbocycles. The van der Waals surface area contributed by atoms with Gasteiger partial charge in [0.05, 0.1) is 0 Å². The Morgan fingerprint density at radius 3 is 2.60 bits per heavy atom. The predicted octanol–water partition coefficient (Wildman–Crippen LogP) is 1.64. The van der Waals surface area contributed by atoms with Gasteiger partial charge >= 0.3 is 6.09 Å². The van der Waals surface area contributed by atoms with Crippen molar-refractivity contribution in [2.75, 3.05) is 6.54 Å². The highest BCUT2D eigenvalue weighted by Gasteiger charge is 2.26. The molecule has 0 bridgehead atoms. The van der Waals surface area contributed by atoms with Crippen LogP contribution in [0.3, 0.4) is 0 Å². The van der Waals surface area contributed by atoms with Gasteiger partial charge in [0, 0.05) is 6.04 Å². The van der Waals surface area contributed by atoms with Crippen molar-refractivity contribution in [3.63, 3.8) is 0 Å². The van der Waals surface area contributed by atoms with Gasteiger partial charge in [-0.05, 0) is 52.5 Å². The second kappa shape index (κ2) is 4.84. The molecule has 88 valence electrons. The van der Waals surface area contributed by atoms with Gasteiger partial charge in [-0.1, -0.05) is 0 Å². The molecule has 1 fully saturated rings. The van der Waals surface area contributed by atoms with Crippen molar-refractivity contribution in [1.82, 2.24) is 5.32 Å². The average molecular weight is 214 g/mol. The first kappa shape index (κ1) is 12.3. The fourth-order valence-electron chi connectivity index (χ4n) is 1.89. The number of carbonyl (C=O) groups is 1. The molecule has 1 rings (SSSR count). The van der Waals surface area contributed by atoms with E-state index in [1.54, 1.807) is 0 Å². The zero-order chi connectivity index (χ0) is 11.5. The Labute approximate surface area is 91.5 Å². The molecule has 1 amide bonds. The molecular weight excluding hydrogens is 192 g/mol. The molecule has 0 aromatic carbocycles. The smallest absolute Gasteiger partial charge is 0.407 e. The maximum atomic E-state index is 11.4. The maximum absolute atomic E-state index is 11.4. The van der Waals surface area contributed by atoms with E-state index in [1.807, 2.05) is 20.8 Å². The third-order valence-electron chi connectivity index (χ3n) is 2.60. The number of alkyl carbamates (subject to hydrolysis) is 1. The van der Waals surface area contributed by atoms with Crippen LogP contribution in [0, 0.1) is 5.92 Å². The van der Waals surface area contributed by atoms with Gasteiger partial charge in [-0.3, -0.25) is 0 Å². The molecule has 0 heterocycles. The number of rotatable bonds is 2. The third-order valence-corrected chi connectivity index (χ3v) is 2.60. The molecule has 0 aliphatic heterocycles. The molecule has 0 aromatic rings. The second-order valence-electron chi connectivity index (χ2n) is 5.26. The Morgan fingerprint density at radius 2 is 2.13 bits per heavy atom. The van der Waals surface area contributed by atoms with Crippen LogP contribution in [0.5, 0.6) is 0 Å². The van der Waals surface area contributed by atoms with Gasteiger partial charge in [-0.15, -0.1) is 0 Å². The fraction of sp³-hybridized carbons (Fsp3) is 0.909. The van der Waals surface area contributed by atoms with E-state index in [0.29, 0.717) is 12.5 Å². The normalized spacial score (nSPS) is 26.4. The second-order valence-corrected chi connectivity index (χ2v) is 5.26. The molecule has 0 unspecified atom stereocenters. The standard InChI is InChI=1S/C11H22N2O2/c1-11(2,3)15-10(14)13-9-5-4-8(6-9)7-12/h8-9H,4-7,12H2,1-3H3,(H,13,14)/t8-,9-/m0/s1. The predicted molar refractivity (Wildman–Crippen MR) is 59.6 cm³/mol. The van der Waals surface area contributed by atoms with Crippen molar-refractivity contribution in [1.29, 1.82) is 0 Å². The minimum absolute atomic E-state index is 0.244. The van der Waals surface area contributed by atoms with Crippen molar-refractivity contribution in [3.05, 3.63) is 0 Å². The largest absolute Gasteiger partial charge is 0.444 e. The van der Waals surface area contributed by atoms with E-state index in [0.717, 1.165) is 19.3 Å². The summed E-state index contributed by atoms with van der Waals surface area (Å²) < 4.78 is 5.19. The van der Waals surface area contributed by atoms with Crippen molar-refractivity contribution < 1.29 is 9.53 Å². The number of hydrogen-bond acceptors (Lipinski definition) is 3. The number of hydrogen-bond donors (Lipinski definition) is 2. The monoisotopic (exact) mass is 214 g/mol. The van der Waals surface area contributed by atoms with E-state index in [1.165, 1.54) is 0 Å². The van der Waals surface area contributed by atoms with Gasteiger partial charge in [0.15, 0.2) is 0 Å². The first-order chi connectivity index (χ1) is 6.90. The van der Waals surface area contributed by atoms with Crippen LogP contribution in [0.25, 0.3) is 0 Å². The lowest BCUT2D eigenvalue weighted by Gasteiger charge is -2.21. The Morgan fingerprint density at radius 1 is 1.47 bits per heavy atom. The van der Waals surface area contributed by atoms with E-state index in [2.05, 4.69) is 5.32 Å². The van der Waals surface area contributed by atoms with E-state index in [9.17, 15) is 4.79 Å². The highest BCUT2D eigenvalue weighted by molar-refractivity contribution is 5.68. The molecule has 3 N–H and O–H groups in total. The van der Waals surface area contributed by atoms with Crippen LogP contribution < -0.4 is 11.1 Å². The zero-order valence-electron chi connectivity index (χ0n) is 9.88. The molecule has 0 aromatic heterocycles. The molecule has 4 heteroatoms. The molecule has 1 aliphatic carbocycles. The molecule has 0 radical (unpaired) electrons. The summed E-state index contributed by atoms with van der Waals surface area (Å²) in [5.41, 5.74) is 5.16. The minimum atomic E-state index is -0.421. The van der Waals surface area contributed by atoms with Gasteiger partial charge < -0.3 is 15.8 Å². The molecule has 0 saturated heterocycles. The molecular formula is C11H22N2O2. The van der Waals surface area contributed by atoms with Crippen LogP contribution in [0.1, 0.15) is 40.0 Å². The van der Waals surface area contributed by atoms with Gasteiger partial charge in [-0.25, -0.2) is 4.79 Å². The first-order valence-corrected chi connectivity index (χ1v) is 5.60. The summed E-state index contributed by atoms with van der Waals surface area (Å²) in [6.07, 6.45) is 2.79. The summed E-state index contributed by atoms with van der Waals surface area (Å²) in [5.74, 6) is 0.560. The summed E-state index contributed by atoms with van der Waals surface area (Å²) in [6, 6.07) is 0.244. The van der Waals surface area contributed by atoms with Crippen molar-refractivity contribution >= 4 is 6.09 Å². The highest BCUT2D eigenvalue weighted by Crippen LogP contribution is 2.24. The SMILES string of the molecule is CC(C)(C)OC(=O)N[C@H]1CC[C@H](CN)C1. The van der Waals surface area contributed by atoms with Crippen molar-refractivity contribution in [2.24, 2.45) is 11.7 Å². The van der Waals surface area contributed by atoms with Crippen LogP contribution >= 0.6 is 0 Å². The van der Waals surface area contributed by atoms with E-state index < -0.39 is 5.60 Å². The third kappa shape index (κ3) is 4.51. The lowest BCUT2D eigenvalue weighted by molar-refractivity contribution is 0.0504. The lowest BCUT2D eigenvalue weighted by atomic mass is 10.1. The molecule has 15 heavy (non-hydrogen) atoms. The Hall–Kier alpha value is -0.770. The van der Waals surface area contributed by atoms with Crippen LogP contribution in [0.4, 0.5) is 4.79 Å². The van der Waals surface area contributed by atoms with Gasteiger partial charge in [0.2, 0.25) is 0 Å². The van der Waals surface area contributed by atoms with Crippen molar-refractivity contribution in [3.8, 4) is 0 Å². The highest BCUT2D eigenvalue weighted by atomic mass is 16.6. The number of nitrogens with two attached hydrogens (primary N) is 1. The first-order valence-electron chi connectivity index (χ1n) is 5.60. The van der Waals surface area contributed by atoms with Crippen LogP contribution in [-0.2, 0) is 4.74 Å². The van der Waals surface area contributed by atoms with Crippen LogP contribution in [0.15, 0.2) is 0 Å². The minimum Gasteiger partial charge on any atom is -0.444 e. The quantitative estimate of drug-likeness (QED) is 0.734. The van der Waals surface area contributed by atoms with Gasteiger partial charge in [-0.2, -0.15) is 0 Å². The fourth-order valence-corrected chi connectivity index (χ4v) is 1.89. The van der Waals surface area contributed by atoms with Crippen LogP contribution in [-0.4, -0.2) is 24.3 Å². The molecule has 0 spiro atoms. The van der Waals surface area contributed by atoms with E-state index >= 15 is 0 Å². The van der Waals surface area contributed by atoms with Crippen LogP contribution in [0.2, 0.25) is 0 Å². The summed E-state index contributed by atoms with van der Waals surface area (Å²) in [6.45, 7) is 6.31. The number of ether oxygens (including phenoxy) is 1. The average Bonchev–Trinajstić information content (AvgIpc) is 2.48. The van der Waals surface area contributed by atoms with Gasteiger partial charge in [0.1, 0.15) is 5.60 Å². The zero-order valence-corrected chi connectivity index (χ0v) is 9.88. The summed E-state index contributed by atoms with van der Waals surface area (Å²) in [5, 5.41) is 2.88. The molecule has 2 atom stereocenters. The van der Waals surface area contributed by atoms with E-state index in [4.69, 9.17) is 10.5 Å². The maximum Gasteiger partial charge on any atom is 0.407 e. The number of amides is 1. The number of nitrogens with one attached hydrogen (secondary N) is 1. The topological polar surface area (TPSA) is 64.3 Å². The number of carbonyl (C=O) groups excluding carboxylic acids is 1. The Balaban J connectivity index is 2.28.